The molecule has 0 aliphatic carbocycles. The van der Waals surface area contributed by atoms with Crippen LogP contribution in [0.5, 0.6) is 0 Å². The van der Waals surface area contributed by atoms with Gasteiger partial charge in [-0.05, 0) is 51.0 Å². The van der Waals surface area contributed by atoms with Gasteiger partial charge in [0, 0.05) is 25.6 Å². The van der Waals surface area contributed by atoms with Crippen LogP contribution in [0.3, 0.4) is 0 Å². The minimum absolute atomic E-state index is 0.0476. The van der Waals surface area contributed by atoms with E-state index in [-0.39, 0.29) is 49.5 Å². The molecule has 0 radical (unpaired) electrons. The number of sulfonamides is 1. The van der Waals surface area contributed by atoms with Crippen molar-refractivity contribution in [3.63, 3.8) is 0 Å². The zero-order valence-electron chi connectivity index (χ0n) is 20.7. The number of halogens is 3. The quantitative estimate of drug-likeness (QED) is 0.475. The topological polar surface area (TPSA) is 86.8 Å². The summed E-state index contributed by atoms with van der Waals surface area (Å²) in [4.78, 5) is 27.2. The van der Waals surface area contributed by atoms with Crippen molar-refractivity contribution >= 4 is 27.5 Å². The van der Waals surface area contributed by atoms with Gasteiger partial charge in [-0.3, -0.25) is 13.9 Å². The highest BCUT2D eigenvalue weighted by Crippen LogP contribution is 2.32. The molecule has 36 heavy (non-hydrogen) atoms. The molecule has 0 bridgehead atoms. The molecule has 2 aromatic rings. The number of amides is 2. The summed E-state index contributed by atoms with van der Waals surface area (Å²) in [5.41, 5.74) is -0.286. The summed E-state index contributed by atoms with van der Waals surface area (Å²) in [7, 11) is -3.91. The Morgan fingerprint density at radius 2 is 1.64 bits per heavy atom. The third-order valence-electron chi connectivity index (χ3n) is 5.41. The highest BCUT2D eigenvalue weighted by Gasteiger charge is 2.32. The zero-order chi connectivity index (χ0) is 27.1. The van der Waals surface area contributed by atoms with E-state index in [0.29, 0.717) is 0 Å². The molecule has 198 valence electrons. The minimum atomic E-state index is -4.63. The van der Waals surface area contributed by atoms with Crippen LogP contribution in [0.4, 0.5) is 18.9 Å². The fourth-order valence-electron chi connectivity index (χ4n) is 3.61. The van der Waals surface area contributed by atoms with Crippen molar-refractivity contribution in [3.8, 4) is 0 Å². The molecule has 0 spiro atoms. The van der Waals surface area contributed by atoms with Gasteiger partial charge < -0.3 is 10.2 Å². The Morgan fingerprint density at radius 1 is 1.00 bits per heavy atom. The van der Waals surface area contributed by atoms with E-state index in [9.17, 15) is 31.2 Å². The standard InChI is InChI=1S/C25H32F3N3O4S/c1-18(2)29-24(33)19(3)30(17-20-10-6-5-7-11-20)23(32)14-9-15-31(36(4,34)35)22-13-8-12-21(16-22)25(26,27)28/h5-8,10-13,16,18-19H,9,14-15,17H2,1-4H3,(H,29,33)/t19-/m1/s1. The molecule has 0 saturated carbocycles. The lowest BCUT2D eigenvalue weighted by molar-refractivity contribution is -0.140. The number of nitrogens with zero attached hydrogens (tertiary/aromatic N) is 2. The lowest BCUT2D eigenvalue weighted by atomic mass is 10.1. The van der Waals surface area contributed by atoms with Gasteiger partial charge in [0.15, 0.2) is 0 Å². The van der Waals surface area contributed by atoms with Gasteiger partial charge in [0.2, 0.25) is 21.8 Å². The van der Waals surface area contributed by atoms with E-state index in [1.807, 2.05) is 44.2 Å². The van der Waals surface area contributed by atoms with Gasteiger partial charge in [-0.1, -0.05) is 36.4 Å². The van der Waals surface area contributed by atoms with E-state index in [1.165, 1.54) is 11.0 Å². The monoisotopic (exact) mass is 527 g/mol. The van der Waals surface area contributed by atoms with Gasteiger partial charge in [-0.25, -0.2) is 8.42 Å². The molecule has 0 aromatic heterocycles. The van der Waals surface area contributed by atoms with E-state index in [0.717, 1.165) is 34.3 Å². The zero-order valence-corrected chi connectivity index (χ0v) is 21.6. The number of rotatable bonds is 11. The fraction of sp³-hybridized carbons (Fsp3) is 0.440. The van der Waals surface area contributed by atoms with Crippen molar-refractivity contribution in [1.82, 2.24) is 10.2 Å². The summed E-state index contributed by atoms with van der Waals surface area (Å²) in [6.07, 6.45) is -3.78. The second kappa shape index (κ2) is 12.2. The number of benzene rings is 2. The molecule has 7 nitrogen and oxygen atoms in total. The summed E-state index contributed by atoms with van der Waals surface area (Å²) in [5.74, 6) is -0.696. The van der Waals surface area contributed by atoms with Crippen molar-refractivity contribution in [3.05, 3.63) is 65.7 Å². The van der Waals surface area contributed by atoms with Gasteiger partial charge in [-0.2, -0.15) is 13.2 Å². The molecule has 2 rings (SSSR count). The van der Waals surface area contributed by atoms with Crippen molar-refractivity contribution < 1.29 is 31.2 Å². The van der Waals surface area contributed by atoms with Crippen molar-refractivity contribution in [2.75, 3.05) is 17.1 Å². The van der Waals surface area contributed by atoms with Crippen molar-refractivity contribution in [2.24, 2.45) is 0 Å². The highest BCUT2D eigenvalue weighted by molar-refractivity contribution is 7.92. The maximum absolute atomic E-state index is 13.2. The predicted octanol–water partition coefficient (Wildman–Crippen LogP) is 4.19. The van der Waals surface area contributed by atoms with Gasteiger partial charge in [0.25, 0.3) is 0 Å². The van der Waals surface area contributed by atoms with E-state index in [1.54, 1.807) is 6.92 Å². The van der Waals surface area contributed by atoms with Crippen LogP contribution in [0.2, 0.25) is 0 Å². The molecule has 0 heterocycles. The molecule has 11 heteroatoms. The fourth-order valence-corrected chi connectivity index (χ4v) is 4.57. The second-order valence-electron chi connectivity index (χ2n) is 8.83. The Kier molecular flexibility index (Phi) is 9.92. The molecule has 2 aromatic carbocycles. The van der Waals surface area contributed by atoms with Crippen LogP contribution in [0.15, 0.2) is 54.6 Å². The molecule has 0 fully saturated rings. The summed E-state index contributed by atoms with van der Waals surface area (Å²) in [6, 6.07) is 12.2. The molecule has 1 atom stereocenters. The van der Waals surface area contributed by atoms with Crippen LogP contribution in [-0.4, -0.2) is 50.0 Å². The van der Waals surface area contributed by atoms with Crippen LogP contribution in [0.1, 0.15) is 44.7 Å². The molecule has 0 aliphatic rings. The minimum Gasteiger partial charge on any atom is -0.352 e. The summed E-state index contributed by atoms with van der Waals surface area (Å²) >= 11 is 0. The average Bonchev–Trinajstić information content (AvgIpc) is 2.78. The Balaban J connectivity index is 2.19. The van der Waals surface area contributed by atoms with E-state index >= 15 is 0 Å². The number of carbonyl (C=O) groups is 2. The first kappa shape index (κ1) is 29.2. The number of hydrogen-bond donors (Lipinski definition) is 1. The normalized spacial score (nSPS) is 12.8. The number of nitrogens with one attached hydrogen (secondary N) is 1. The highest BCUT2D eigenvalue weighted by atomic mass is 32.2. The lowest BCUT2D eigenvalue weighted by Crippen LogP contribution is -2.49. The van der Waals surface area contributed by atoms with Gasteiger partial charge in [-0.15, -0.1) is 0 Å². The third-order valence-corrected chi connectivity index (χ3v) is 6.60. The van der Waals surface area contributed by atoms with Crippen molar-refractivity contribution in [2.45, 2.75) is 58.4 Å². The van der Waals surface area contributed by atoms with Crippen LogP contribution >= 0.6 is 0 Å². The van der Waals surface area contributed by atoms with Crippen LogP contribution in [0.25, 0.3) is 0 Å². The largest absolute Gasteiger partial charge is 0.416 e. The SMILES string of the molecule is CC(C)NC(=O)[C@@H](C)N(Cc1ccccc1)C(=O)CCCN(c1cccc(C(F)(F)F)c1)S(C)(=O)=O. The van der Waals surface area contributed by atoms with Crippen LogP contribution in [-0.2, 0) is 32.3 Å². The average molecular weight is 528 g/mol. The molecule has 0 unspecified atom stereocenters. The first-order valence-corrected chi connectivity index (χ1v) is 13.3. The first-order valence-electron chi connectivity index (χ1n) is 11.5. The lowest BCUT2D eigenvalue weighted by Gasteiger charge is -2.30. The Bertz CT molecular complexity index is 1140. The first-order chi connectivity index (χ1) is 16.7. The number of hydrogen-bond acceptors (Lipinski definition) is 4. The van der Waals surface area contributed by atoms with E-state index < -0.39 is 27.8 Å². The molecular formula is C25H32F3N3O4S. The number of alkyl halides is 3. The molecule has 0 saturated heterocycles. The summed E-state index contributed by atoms with van der Waals surface area (Å²) in [5, 5.41) is 2.78. The second-order valence-corrected chi connectivity index (χ2v) is 10.7. The Morgan fingerprint density at radius 3 is 2.19 bits per heavy atom. The molecule has 1 N–H and O–H groups in total. The Hall–Kier alpha value is -3.08. The summed E-state index contributed by atoms with van der Waals surface area (Å²) in [6.45, 7) is 5.21. The predicted molar refractivity (Wildman–Crippen MR) is 133 cm³/mol. The van der Waals surface area contributed by atoms with E-state index in [2.05, 4.69) is 5.32 Å². The van der Waals surface area contributed by atoms with Gasteiger partial charge >= 0.3 is 6.18 Å². The molecule has 2 amide bonds. The molecule has 0 aliphatic heterocycles. The Labute approximate surface area is 210 Å². The molecular weight excluding hydrogens is 495 g/mol. The van der Waals surface area contributed by atoms with Crippen LogP contribution in [0, 0.1) is 0 Å². The van der Waals surface area contributed by atoms with Gasteiger partial charge in [0.05, 0.1) is 17.5 Å². The van der Waals surface area contributed by atoms with Crippen molar-refractivity contribution in [1.29, 1.82) is 0 Å². The maximum Gasteiger partial charge on any atom is 0.416 e. The van der Waals surface area contributed by atoms with Gasteiger partial charge in [0.1, 0.15) is 6.04 Å². The number of carbonyl (C=O) groups excluding carboxylic acids is 2. The van der Waals surface area contributed by atoms with E-state index in [4.69, 9.17) is 0 Å². The van der Waals surface area contributed by atoms with Crippen LogP contribution < -0.4 is 9.62 Å². The number of anilines is 1. The maximum atomic E-state index is 13.2. The summed E-state index contributed by atoms with van der Waals surface area (Å²) < 4.78 is 64.9. The third kappa shape index (κ3) is 8.54. The smallest absolute Gasteiger partial charge is 0.352 e.